The van der Waals surface area contributed by atoms with Gasteiger partial charge < -0.3 is 10.6 Å². The lowest BCUT2D eigenvalue weighted by molar-refractivity contribution is -0.121. The molecule has 3 heteroatoms. The topological polar surface area (TPSA) is 41.1 Å². The number of aryl methyl sites for hydroxylation is 1. The van der Waals surface area contributed by atoms with Crippen LogP contribution in [0.2, 0.25) is 0 Å². The van der Waals surface area contributed by atoms with Crippen molar-refractivity contribution in [3.63, 3.8) is 0 Å². The molecule has 0 aliphatic carbocycles. The fraction of sp³-hybridized carbons (Fsp3) is 0.278. The molecule has 1 atom stereocenters. The van der Waals surface area contributed by atoms with E-state index in [1.54, 1.807) is 0 Å². The van der Waals surface area contributed by atoms with Crippen molar-refractivity contribution in [1.82, 2.24) is 5.32 Å². The van der Waals surface area contributed by atoms with Gasteiger partial charge in [-0.25, -0.2) is 0 Å². The van der Waals surface area contributed by atoms with Crippen molar-refractivity contribution in [3.05, 3.63) is 65.2 Å². The number of fused-ring (bicyclic) bond motifs is 1. The van der Waals surface area contributed by atoms with Crippen LogP contribution in [0.3, 0.4) is 0 Å². The smallest absolute Gasteiger partial charge is 0.242 e. The zero-order valence-corrected chi connectivity index (χ0v) is 12.2. The maximum Gasteiger partial charge on any atom is 0.242 e. The molecular weight excluding hydrogens is 260 g/mol. The molecule has 108 valence electrons. The third-order valence-electron chi connectivity index (χ3n) is 4.04. The molecule has 3 nitrogen and oxygen atoms in total. The minimum atomic E-state index is -0.140. The van der Waals surface area contributed by atoms with Gasteiger partial charge in [-0.15, -0.1) is 0 Å². The Morgan fingerprint density at radius 3 is 2.76 bits per heavy atom. The highest BCUT2D eigenvalue weighted by Crippen LogP contribution is 2.25. The van der Waals surface area contributed by atoms with E-state index in [-0.39, 0.29) is 11.9 Å². The molecular formula is C18H20N2O. The monoisotopic (exact) mass is 280 g/mol. The maximum absolute atomic E-state index is 12.2. The number of para-hydroxylation sites is 1. The maximum atomic E-state index is 12.2. The van der Waals surface area contributed by atoms with Crippen molar-refractivity contribution in [2.24, 2.45) is 0 Å². The molecule has 2 aromatic rings. The van der Waals surface area contributed by atoms with E-state index in [0.717, 1.165) is 18.5 Å². The Hall–Kier alpha value is -2.29. The predicted octanol–water partition coefficient (Wildman–Crippen LogP) is 2.69. The van der Waals surface area contributed by atoms with Gasteiger partial charge in [0.25, 0.3) is 0 Å². The molecule has 1 amide bonds. The number of anilines is 1. The van der Waals surface area contributed by atoms with Crippen LogP contribution in [0, 0.1) is 6.92 Å². The summed E-state index contributed by atoms with van der Waals surface area (Å²) >= 11 is 0. The first kappa shape index (κ1) is 13.7. The fourth-order valence-corrected chi connectivity index (χ4v) is 2.79. The highest BCUT2D eigenvalue weighted by atomic mass is 16.2. The fourth-order valence-electron chi connectivity index (χ4n) is 2.79. The summed E-state index contributed by atoms with van der Waals surface area (Å²) in [4.78, 5) is 12.2. The number of hydrogen-bond donors (Lipinski definition) is 2. The van der Waals surface area contributed by atoms with Gasteiger partial charge in [0.1, 0.15) is 6.04 Å². The Morgan fingerprint density at radius 2 is 1.95 bits per heavy atom. The van der Waals surface area contributed by atoms with Crippen molar-refractivity contribution in [2.75, 3.05) is 11.9 Å². The third kappa shape index (κ3) is 3.07. The first-order valence-corrected chi connectivity index (χ1v) is 7.41. The second kappa shape index (κ2) is 6.00. The molecule has 0 saturated heterocycles. The van der Waals surface area contributed by atoms with Crippen LogP contribution < -0.4 is 10.6 Å². The number of amides is 1. The highest BCUT2D eigenvalue weighted by molar-refractivity contribution is 5.87. The van der Waals surface area contributed by atoms with Crippen LogP contribution in [0.1, 0.15) is 16.7 Å². The number of carbonyl (C=O) groups excluding carboxylic acids is 1. The molecule has 3 rings (SSSR count). The molecule has 2 aromatic carbocycles. The summed E-state index contributed by atoms with van der Waals surface area (Å²) in [7, 11) is 0. The van der Waals surface area contributed by atoms with Gasteiger partial charge in [0.2, 0.25) is 5.91 Å². The molecule has 2 N–H and O–H groups in total. The normalized spacial score (nSPS) is 16.1. The van der Waals surface area contributed by atoms with Crippen LogP contribution >= 0.6 is 0 Å². The van der Waals surface area contributed by atoms with Gasteiger partial charge in [-0.1, -0.05) is 42.5 Å². The Kier molecular flexibility index (Phi) is 3.91. The highest BCUT2D eigenvalue weighted by Gasteiger charge is 2.25. The van der Waals surface area contributed by atoms with E-state index in [2.05, 4.69) is 35.8 Å². The van der Waals surface area contributed by atoms with Gasteiger partial charge in [0, 0.05) is 18.7 Å². The Balaban J connectivity index is 1.51. The summed E-state index contributed by atoms with van der Waals surface area (Å²) in [5, 5.41) is 6.32. The van der Waals surface area contributed by atoms with Crippen LogP contribution in [-0.2, 0) is 17.6 Å². The standard InChI is InChI=1S/C18H20N2O/c1-13-6-2-3-7-14(13)10-11-19-18(21)17-12-15-8-4-5-9-16(15)20-17/h2-9,17,20H,10-12H2,1H3,(H,19,21). The quantitative estimate of drug-likeness (QED) is 0.904. The SMILES string of the molecule is Cc1ccccc1CCNC(=O)C1Cc2ccccc2N1. The number of hydrogen-bond acceptors (Lipinski definition) is 2. The summed E-state index contributed by atoms with van der Waals surface area (Å²) in [6.07, 6.45) is 1.64. The van der Waals surface area contributed by atoms with Gasteiger partial charge in [-0.3, -0.25) is 4.79 Å². The zero-order chi connectivity index (χ0) is 14.7. The van der Waals surface area contributed by atoms with Gasteiger partial charge in [-0.2, -0.15) is 0 Å². The second-order valence-corrected chi connectivity index (χ2v) is 5.53. The average molecular weight is 280 g/mol. The molecule has 0 spiro atoms. The summed E-state index contributed by atoms with van der Waals surface area (Å²) in [6.45, 7) is 2.78. The average Bonchev–Trinajstić information content (AvgIpc) is 2.93. The number of rotatable bonds is 4. The van der Waals surface area contributed by atoms with Crippen molar-refractivity contribution in [2.45, 2.75) is 25.8 Å². The first-order chi connectivity index (χ1) is 10.2. The third-order valence-corrected chi connectivity index (χ3v) is 4.04. The van der Waals surface area contributed by atoms with Crippen LogP contribution in [0.15, 0.2) is 48.5 Å². The molecule has 1 aliphatic rings. The van der Waals surface area contributed by atoms with Crippen molar-refractivity contribution >= 4 is 11.6 Å². The van der Waals surface area contributed by atoms with Crippen molar-refractivity contribution in [1.29, 1.82) is 0 Å². The molecule has 21 heavy (non-hydrogen) atoms. The summed E-state index contributed by atoms with van der Waals surface area (Å²) in [6, 6.07) is 16.3. The molecule has 1 unspecified atom stereocenters. The molecule has 0 bridgehead atoms. The molecule has 0 aromatic heterocycles. The van der Waals surface area contributed by atoms with E-state index in [4.69, 9.17) is 0 Å². The van der Waals surface area contributed by atoms with Gasteiger partial charge in [0.15, 0.2) is 0 Å². The zero-order valence-electron chi connectivity index (χ0n) is 12.2. The van der Waals surface area contributed by atoms with Crippen LogP contribution in [0.4, 0.5) is 5.69 Å². The Bertz CT molecular complexity index is 626. The summed E-state index contributed by atoms with van der Waals surface area (Å²) in [5.74, 6) is 0.0831. The van der Waals surface area contributed by atoms with E-state index < -0.39 is 0 Å². The van der Waals surface area contributed by atoms with Gasteiger partial charge >= 0.3 is 0 Å². The first-order valence-electron chi connectivity index (χ1n) is 7.41. The van der Waals surface area contributed by atoms with E-state index in [1.165, 1.54) is 16.7 Å². The Labute approximate surface area is 125 Å². The Morgan fingerprint density at radius 1 is 1.19 bits per heavy atom. The number of carbonyl (C=O) groups is 1. The largest absolute Gasteiger partial charge is 0.373 e. The van der Waals surface area contributed by atoms with E-state index in [9.17, 15) is 4.79 Å². The molecule has 0 fully saturated rings. The summed E-state index contributed by atoms with van der Waals surface area (Å²) in [5.41, 5.74) is 4.87. The molecule has 0 saturated carbocycles. The summed E-state index contributed by atoms with van der Waals surface area (Å²) < 4.78 is 0. The van der Waals surface area contributed by atoms with E-state index in [1.807, 2.05) is 30.3 Å². The van der Waals surface area contributed by atoms with Crippen LogP contribution in [-0.4, -0.2) is 18.5 Å². The predicted molar refractivity (Wildman–Crippen MR) is 85.4 cm³/mol. The lowest BCUT2D eigenvalue weighted by Crippen LogP contribution is -2.39. The van der Waals surface area contributed by atoms with Gasteiger partial charge in [0.05, 0.1) is 0 Å². The second-order valence-electron chi connectivity index (χ2n) is 5.53. The molecule has 1 aliphatic heterocycles. The van der Waals surface area contributed by atoms with E-state index >= 15 is 0 Å². The van der Waals surface area contributed by atoms with Crippen LogP contribution in [0.25, 0.3) is 0 Å². The van der Waals surface area contributed by atoms with Crippen molar-refractivity contribution < 1.29 is 4.79 Å². The molecule has 1 heterocycles. The van der Waals surface area contributed by atoms with Crippen LogP contribution in [0.5, 0.6) is 0 Å². The lowest BCUT2D eigenvalue weighted by Gasteiger charge is -2.12. The molecule has 0 radical (unpaired) electrons. The van der Waals surface area contributed by atoms with Crippen molar-refractivity contribution in [3.8, 4) is 0 Å². The minimum absolute atomic E-state index is 0.0831. The van der Waals surface area contributed by atoms with E-state index in [0.29, 0.717) is 6.54 Å². The number of benzene rings is 2. The lowest BCUT2D eigenvalue weighted by atomic mass is 10.1. The minimum Gasteiger partial charge on any atom is -0.373 e. The van der Waals surface area contributed by atoms with Gasteiger partial charge in [-0.05, 0) is 36.1 Å². The number of nitrogens with one attached hydrogen (secondary N) is 2.